The quantitative estimate of drug-likeness (QED) is 0.682. The summed E-state index contributed by atoms with van der Waals surface area (Å²) in [5.74, 6) is -1.18. The predicted molar refractivity (Wildman–Crippen MR) is 58.3 cm³/mol. The summed E-state index contributed by atoms with van der Waals surface area (Å²) in [7, 11) is -3.77. The Morgan fingerprint density at radius 3 is 2.44 bits per heavy atom. The summed E-state index contributed by atoms with van der Waals surface area (Å²) in [5, 5.41) is 0. The highest BCUT2D eigenvalue weighted by Gasteiger charge is 2.27. The van der Waals surface area contributed by atoms with Gasteiger partial charge < -0.3 is 4.74 Å². The summed E-state index contributed by atoms with van der Waals surface area (Å²) in [5.41, 5.74) is 0. The van der Waals surface area contributed by atoms with E-state index >= 15 is 0 Å². The maximum Gasteiger partial charge on any atom is 0.389 e. The van der Waals surface area contributed by atoms with Crippen molar-refractivity contribution in [2.75, 3.05) is 18.9 Å². The van der Waals surface area contributed by atoms with Crippen LogP contribution in [0.4, 0.5) is 13.2 Å². The molecule has 0 bridgehead atoms. The van der Waals surface area contributed by atoms with Gasteiger partial charge in [-0.1, -0.05) is 0 Å². The number of hydrogen-bond acceptors (Lipinski definition) is 4. The van der Waals surface area contributed by atoms with Crippen molar-refractivity contribution in [3.8, 4) is 0 Å². The largest absolute Gasteiger partial charge is 0.466 e. The van der Waals surface area contributed by atoms with Crippen molar-refractivity contribution in [2.45, 2.75) is 32.4 Å². The van der Waals surface area contributed by atoms with E-state index in [-0.39, 0.29) is 19.6 Å². The fourth-order valence-electron chi connectivity index (χ4n) is 1.08. The number of rotatable bonds is 8. The van der Waals surface area contributed by atoms with E-state index in [1.807, 2.05) is 4.72 Å². The average Bonchev–Trinajstić information content (AvgIpc) is 2.14. The molecule has 0 radical (unpaired) electrons. The molecular formula is C9H16F3NO4S. The summed E-state index contributed by atoms with van der Waals surface area (Å²) >= 11 is 0. The van der Waals surface area contributed by atoms with Gasteiger partial charge in [0, 0.05) is 13.0 Å². The minimum atomic E-state index is -4.36. The smallest absolute Gasteiger partial charge is 0.389 e. The number of esters is 1. The lowest BCUT2D eigenvalue weighted by Gasteiger charge is -2.08. The fraction of sp³-hybridized carbons (Fsp3) is 0.889. The summed E-state index contributed by atoms with van der Waals surface area (Å²) in [6, 6.07) is 0. The molecule has 0 fully saturated rings. The molecule has 0 heterocycles. The Balaban J connectivity index is 3.84. The van der Waals surface area contributed by atoms with Crippen LogP contribution in [0.25, 0.3) is 0 Å². The zero-order valence-electron chi connectivity index (χ0n) is 9.92. The number of hydrogen-bond donors (Lipinski definition) is 1. The number of carbonyl (C=O) groups is 1. The number of alkyl halides is 3. The van der Waals surface area contributed by atoms with Gasteiger partial charge in [-0.2, -0.15) is 13.2 Å². The lowest BCUT2D eigenvalue weighted by molar-refractivity contribution is -0.142. The summed E-state index contributed by atoms with van der Waals surface area (Å²) < 4.78 is 64.4. The van der Waals surface area contributed by atoms with Crippen LogP contribution in [-0.2, 0) is 19.6 Å². The Hall–Kier alpha value is -0.830. The minimum absolute atomic E-state index is 0.146. The second kappa shape index (κ2) is 7.57. The van der Waals surface area contributed by atoms with E-state index in [1.54, 1.807) is 6.92 Å². The molecule has 0 atom stereocenters. The van der Waals surface area contributed by atoms with Crippen LogP contribution in [0, 0.1) is 0 Å². The first-order chi connectivity index (χ1) is 8.16. The topological polar surface area (TPSA) is 72.5 Å². The van der Waals surface area contributed by atoms with E-state index in [0.29, 0.717) is 0 Å². The first-order valence-electron chi connectivity index (χ1n) is 5.36. The maximum atomic E-state index is 11.8. The van der Waals surface area contributed by atoms with Crippen LogP contribution in [-0.4, -0.2) is 39.5 Å². The van der Waals surface area contributed by atoms with Crippen molar-refractivity contribution in [3.05, 3.63) is 0 Å². The van der Waals surface area contributed by atoms with Crippen molar-refractivity contribution in [1.29, 1.82) is 0 Å². The highest BCUT2D eigenvalue weighted by molar-refractivity contribution is 7.89. The zero-order chi connectivity index (χ0) is 14.2. The molecule has 9 heteroatoms. The molecule has 18 heavy (non-hydrogen) atoms. The van der Waals surface area contributed by atoms with Crippen LogP contribution in [0.15, 0.2) is 0 Å². The third-order valence-corrected chi connectivity index (χ3v) is 3.30. The van der Waals surface area contributed by atoms with Gasteiger partial charge in [-0.25, -0.2) is 13.1 Å². The predicted octanol–water partition coefficient (Wildman–Crippen LogP) is 1.20. The monoisotopic (exact) mass is 291 g/mol. The first-order valence-corrected chi connectivity index (χ1v) is 7.01. The number of nitrogens with one attached hydrogen (secondary N) is 1. The van der Waals surface area contributed by atoms with Crippen LogP contribution in [0.3, 0.4) is 0 Å². The summed E-state index contributed by atoms with van der Waals surface area (Å²) in [6.07, 6.45) is -6.16. The van der Waals surface area contributed by atoms with Gasteiger partial charge in [0.15, 0.2) is 0 Å². The molecule has 0 aromatic rings. The fourth-order valence-corrected chi connectivity index (χ4v) is 2.16. The molecule has 5 nitrogen and oxygen atoms in total. The Bertz CT molecular complexity index is 353. The maximum absolute atomic E-state index is 11.8. The minimum Gasteiger partial charge on any atom is -0.466 e. The van der Waals surface area contributed by atoms with E-state index < -0.39 is 40.8 Å². The lowest BCUT2D eigenvalue weighted by Crippen LogP contribution is -2.29. The van der Waals surface area contributed by atoms with E-state index in [2.05, 4.69) is 4.74 Å². The van der Waals surface area contributed by atoms with Gasteiger partial charge in [0.1, 0.15) is 0 Å². The third kappa shape index (κ3) is 10.3. The van der Waals surface area contributed by atoms with Crippen LogP contribution in [0.2, 0.25) is 0 Å². The van der Waals surface area contributed by atoms with Crippen molar-refractivity contribution in [1.82, 2.24) is 4.72 Å². The second-order valence-electron chi connectivity index (χ2n) is 3.49. The van der Waals surface area contributed by atoms with E-state index in [4.69, 9.17) is 0 Å². The molecule has 0 aliphatic heterocycles. The van der Waals surface area contributed by atoms with Crippen molar-refractivity contribution in [3.63, 3.8) is 0 Å². The van der Waals surface area contributed by atoms with Gasteiger partial charge in [0.25, 0.3) is 0 Å². The first kappa shape index (κ1) is 17.2. The van der Waals surface area contributed by atoms with Gasteiger partial charge in [-0.3, -0.25) is 4.79 Å². The Labute approximate surface area is 104 Å². The average molecular weight is 291 g/mol. The molecule has 0 spiro atoms. The van der Waals surface area contributed by atoms with Crippen LogP contribution >= 0.6 is 0 Å². The molecule has 0 saturated heterocycles. The summed E-state index contributed by atoms with van der Waals surface area (Å²) in [4.78, 5) is 10.9. The number of sulfonamides is 1. The van der Waals surface area contributed by atoms with E-state index in [9.17, 15) is 26.4 Å². The number of halogens is 3. The molecule has 1 N–H and O–H groups in total. The van der Waals surface area contributed by atoms with Crippen molar-refractivity contribution in [2.24, 2.45) is 0 Å². The van der Waals surface area contributed by atoms with E-state index in [0.717, 1.165) is 0 Å². The second-order valence-corrected chi connectivity index (χ2v) is 5.41. The molecule has 108 valence electrons. The molecule has 0 aliphatic rings. The van der Waals surface area contributed by atoms with Gasteiger partial charge in [-0.05, 0) is 13.3 Å². The Morgan fingerprint density at radius 1 is 1.33 bits per heavy atom. The Morgan fingerprint density at radius 2 is 1.94 bits per heavy atom. The molecule has 0 amide bonds. The highest BCUT2D eigenvalue weighted by Crippen LogP contribution is 2.21. The summed E-state index contributed by atoms with van der Waals surface area (Å²) in [6.45, 7) is 1.63. The molecule has 0 unspecified atom stereocenters. The van der Waals surface area contributed by atoms with Gasteiger partial charge in [0.05, 0.1) is 18.8 Å². The van der Waals surface area contributed by atoms with Crippen molar-refractivity contribution >= 4 is 16.0 Å². The molecular weight excluding hydrogens is 275 g/mol. The number of carbonyl (C=O) groups excluding carboxylic acids is 1. The van der Waals surface area contributed by atoms with Gasteiger partial charge in [-0.15, -0.1) is 0 Å². The lowest BCUT2D eigenvalue weighted by atomic mass is 10.3. The molecule has 0 aromatic carbocycles. The van der Waals surface area contributed by atoms with Crippen LogP contribution < -0.4 is 4.72 Å². The number of ether oxygens (including phenoxy) is 1. The molecule has 0 rings (SSSR count). The van der Waals surface area contributed by atoms with Crippen LogP contribution in [0.1, 0.15) is 26.2 Å². The van der Waals surface area contributed by atoms with Gasteiger partial charge in [0.2, 0.25) is 10.0 Å². The Kier molecular flexibility index (Phi) is 7.22. The SMILES string of the molecule is CCOC(=O)CCNS(=O)(=O)CCCC(F)(F)F. The molecule has 0 aromatic heterocycles. The third-order valence-electron chi connectivity index (χ3n) is 1.83. The standard InChI is InChI=1S/C9H16F3NO4S/c1-2-17-8(14)4-6-13-18(15,16)7-3-5-9(10,11)12/h13H,2-7H2,1H3. The highest BCUT2D eigenvalue weighted by atomic mass is 32.2. The zero-order valence-corrected chi connectivity index (χ0v) is 10.7. The van der Waals surface area contributed by atoms with Gasteiger partial charge >= 0.3 is 12.1 Å². The van der Waals surface area contributed by atoms with Crippen molar-refractivity contribution < 1.29 is 31.1 Å². The molecule has 0 aliphatic carbocycles. The van der Waals surface area contributed by atoms with E-state index in [1.165, 1.54) is 0 Å². The molecule has 0 saturated carbocycles. The normalized spacial score (nSPS) is 12.4. The van der Waals surface area contributed by atoms with Crippen LogP contribution in [0.5, 0.6) is 0 Å².